The molecule has 0 amide bonds. The molecule has 0 fully saturated rings. The Balaban J connectivity index is 3.86. The van der Waals surface area contributed by atoms with E-state index in [1.165, 1.54) is 51.4 Å². The SMILES string of the molecule is CCCCC(CCC)CC(C)CC(C)CC. The minimum Gasteiger partial charge on any atom is -0.0654 e. The van der Waals surface area contributed by atoms with E-state index in [0.29, 0.717) is 0 Å². The van der Waals surface area contributed by atoms with Crippen molar-refractivity contribution in [2.75, 3.05) is 0 Å². The molecule has 3 unspecified atom stereocenters. The molecule has 0 aliphatic heterocycles. The Hall–Kier alpha value is 0. The highest BCUT2D eigenvalue weighted by atomic mass is 14.2. The van der Waals surface area contributed by atoms with Crippen molar-refractivity contribution in [1.82, 2.24) is 0 Å². The Kier molecular flexibility index (Phi) is 10.2. The first-order chi connectivity index (χ1) is 7.63. The van der Waals surface area contributed by atoms with Gasteiger partial charge in [-0.3, -0.25) is 0 Å². The molecule has 0 bridgehead atoms. The van der Waals surface area contributed by atoms with E-state index in [9.17, 15) is 0 Å². The van der Waals surface area contributed by atoms with Gasteiger partial charge in [0.2, 0.25) is 0 Å². The van der Waals surface area contributed by atoms with Crippen LogP contribution in [-0.4, -0.2) is 0 Å². The van der Waals surface area contributed by atoms with Crippen LogP contribution in [0.3, 0.4) is 0 Å². The Morgan fingerprint density at radius 3 is 1.94 bits per heavy atom. The number of unbranched alkanes of at least 4 members (excludes halogenated alkanes) is 1. The lowest BCUT2D eigenvalue weighted by Gasteiger charge is -2.22. The summed E-state index contributed by atoms with van der Waals surface area (Å²) in [5, 5.41) is 0. The lowest BCUT2D eigenvalue weighted by molar-refractivity contribution is 0.299. The van der Waals surface area contributed by atoms with Gasteiger partial charge < -0.3 is 0 Å². The lowest BCUT2D eigenvalue weighted by Crippen LogP contribution is -2.09. The summed E-state index contributed by atoms with van der Waals surface area (Å²) < 4.78 is 0. The predicted molar refractivity (Wildman–Crippen MR) is 75.8 cm³/mol. The van der Waals surface area contributed by atoms with Crippen LogP contribution in [0.25, 0.3) is 0 Å². The third-order valence-corrected chi connectivity index (χ3v) is 3.90. The van der Waals surface area contributed by atoms with Gasteiger partial charge in [0.05, 0.1) is 0 Å². The average molecular weight is 226 g/mol. The van der Waals surface area contributed by atoms with Gasteiger partial charge in [0.15, 0.2) is 0 Å². The molecule has 0 heteroatoms. The van der Waals surface area contributed by atoms with Crippen LogP contribution in [0.5, 0.6) is 0 Å². The van der Waals surface area contributed by atoms with Crippen LogP contribution in [0.4, 0.5) is 0 Å². The van der Waals surface area contributed by atoms with Crippen LogP contribution in [-0.2, 0) is 0 Å². The summed E-state index contributed by atoms with van der Waals surface area (Å²) in [6.45, 7) is 11.8. The second kappa shape index (κ2) is 10.2. The maximum atomic E-state index is 2.46. The first-order valence-electron chi connectivity index (χ1n) is 7.63. The highest BCUT2D eigenvalue weighted by Gasteiger charge is 2.14. The summed E-state index contributed by atoms with van der Waals surface area (Å²) in [5.74, 6) is 2.86. The predicted octanol–water partition coefficient (Wildman–Crippen LogP) is 6.06. The molecule has 0 saturated carbocycles. The number of rotatable bonds is 10. The largest absolute Gasteiger partial charge is 0.0654 e. The molecule has 0 aromatic heterocycles. The zero-order valence-corrected chi connectivity index (χ0v) is 12.4. The quantitative estimate of drug-likeness (QED) is 0.425. The van der Waals surface area contributed by atoms with Crippen LogP contribution in [0.1, 0.15) is 86.0 Å². The molecular weight excluding hydrogens is 192 g/mol. The Labute approximate surface area is 104 Å². The third kappa shape index (κ3) is 8.19. The molecule has 16 heavy (non-hydrogen) atoms. The second-order valence-corrected chi connectivity index (χ2v) is 5.89. The molecule has 0 aromatic carbocycles. The molecule has 0 aliphatic rings. The molecule has 3 atom stereocenters. The highest BCUT2D eigenvalue weighted by molar-refractivity contribution is 4.66. The van der Waals surface area contributed by atoms with Crippen LogP contribution in [0.2, 0.25) is 0 Å². The van der Waals surface area contributed by atoms with Crippen molar-refractivity contribution in [2.45, 2.75) is 86.0 Å². The summed E-state index contributed by atoms with van der Waals surface area (Å²) in [6.07, 6.45) is 11.3. The van der Waals surface area contributed by atoms with Crippen molar-refractivity contribution >= 4 is 0 Å². The fourth-order valence-electron chi connectivity index (χ4n) is 2.80. The first-order valence-corrected chi connectivity index (χ1v) is 7.63. The molecule has 0 heterocycles. The van der Waals surface area contributed by atoms with Crippen molar-refractivity contribution in [3.05, 3.63) is 0 Å². The van der Waals surface area contributed by atoms with Crippen molar-refractivity contribution in [1.29, 1.82) is 0 Å². The van der Waals surface area contributed by atoms with E-state index in [1.807, 2.05) is 0 Å². The molecule has 0 nitrogen and oxygen atoms in total. The van der Waals surface area contributed by atoms with Crippen molar-refractivity contribution in [3.8, 4) is 0 Å². The molecular formula is C16H34. The molecule has 0 aromatic rings. The standard InChI is InChI=1S/C16H34/c1-6-9-11-16(10-7-2)13-15(5)12-14(4)8-3/h14-16H,6-13H2,1-5H3. The Morgan fingerprint density at radius 1 is 0.750 bits per heavy atom. The van der Waals surface area contributed by atoms with Crippen LogP contribution in [0, 0.1) is 17.8 Å². The van der Waals surface area contributed by atoms with Crippen LogP contribution < -0.4 is 0 Å². The fourth-order valence-corrected chi connectivity index (χ4v) is 2.80. The minimum absolute atomic E-state index is 0.920. The molecule has 98 valence electrons. The van der Waals surface area contributed by atoms with Gasteiger partial charge in [-0.15, -0.1) is 0 Å². The van der Waals surface area contributed by atoms with E-state index >= 15 is 0 Å². The molecule has 0 rings (SSSR count). The van der Waals surface area contributed by atoms with E-state index in [0.717, 1.165) is 17.8 Å². The van der Waals surface area contributed by atoms with Gasteiger partial charge in [-0.1, -0.05) is 73.1 Å². The van der Waals surface area contributed by atoms with E-state index in [2.05, 4.69) is 34.6 Å². The summed E-state index contributed by atoms with van der Waals surface area (Å²) in [4.78, 5) is 0. The second-order valence-electron chi connectivity index (χ2n) is 5.89. The first kappa shape index (κ1) is 16.0. The maximum Gasteiger partial charge on any atom is -0.0412 e. The highest BCUT2D eigenvalue weighted by Crippen LogP contribution is 2.27. The molecule has 0 spiro atoms. The third-order valence-electron chi connectivity index (χ3n) is 3.90. The summed E-state index contributed by atoms with van der Waals surface area (Å²) in [6, 6.07) is 0. The smallest absolute Gasteiger partial charge is 0.0412 e. The van der Waals surface area contributed by atoms with E-state index < -0.39 is 0 Å². The van der Waals surface area contributed by atoms with Gasteiger partial charge in [0.1, 0.15) is 0 Å². The molecule has 0 aliphatic carbocycles. The normalized spacial score (nSPS) is 17.1. The van der Waals surface area contributed by atoms with E-state index in [-0.39, 0.29) is 0 Å². The number of hydrogen-bond donors (Lipinski definition) is 0. The van der Waals surface area contributed by atoms with Gasteiger partial charge in [-0.05, 0) is 30.6 Å². The van der Waals surface area contributed by atoms with E-state index in [1.54, 1.807) is 0 Å². The number of hydrogen-bond acceptors (Lipinski definition) is 0. The summed E-state index contributed by atoms with van der Waals surface area (Å²) in [7, 11) is 0. The zero-order valence-electron chi connectivity index (χ0n) is 12.4. The molecule has 0 radical (unpaired) electrons. The topological polar surface area (TPSA) is 0 Å². The van der Waals surface area contributed by atoms with Gasteiger partial charge in [0, 0.05) is 0 Å². The van der Waals surface area contributed by atoms with Crippen LogP contribution >= 0.6 is 0 Å². The fraction of sp³-hybridized carbons (Fsp3) is 1.00. The average Bonchev–Trinajstić information content (AvgIpc) is 2.25. The Bertz CT molecular complexity index is 139. The maximum absolute atomic E-state index is 2.46. The van der Waals surface area contributed by atoms with Gasteiger partial charge in [-0.2, -0.15) is 0 Å². The van der Waals surface area contributed by atoms with Crippen molar-refractivity contribution in [2.24, 2.45) is 17.8 Å². The zero-order chi connectivity index (χ0) is 12.4. The van der Waals surface area contributed by atoms with Crippen molar-refractivity contribution < 1.29 is 0 Å². The van der Waals surface area contributed by atoms with Crippen LogP contribution in [0.15, 0.2) is 0 Å². The van der Waals surface area contributed by atoms with Gasteiger partial charge in [0.25, 0.3) is 0 Å². The summed E-state index contributed by atoms with van der Waals surface area (Å²) >= 11 is 0. The summed E-state index contributed by atoms with van der Waals surface area (Å²) in [5.41, 5.74) is 0. The van der Waals surface area contributed by atoms with Gasteiger partial charge >= 0.3 is 0 Å². The molecule has 0 N–H and O–H groups in total. The van der Waals surface area contributed by atoms with Gasteiger partial charge in [-0.25, -0.2) is 0 Å². The van der Waals surface area contributed by atoms with E-state index in [4.69, 9.17) is 0 Å². The van der Waals surface area contributed by atoms with Crippen molar-refractivity contribution in [3.63, 3.8) is 0 Å². The molecule has 0 saturated heterocycles. The minimum atomic E-state index is 0.920. The monoisotopic (exact) mass is 226 g/mol. The lowest BCUT2D eigenvalue weighted by atomic mass is 9.84. The Morgan fingerprint density at radius 2 is 1.44 bits per heavy atom.